The molecule has 5 nitrogen and oxygen atoms in total. The first kappa shape index (κ1) is 19.4. The highest BCUT2D eigenvalue weighted by molar-refractivity contribution is 9.10. The number of anilines is 1. The number of hydrogen-bond acceptors (Lipinski definition) is 6. The van der Waals surface area contributed by atoms with E-state index in [0.29, 0.717) is 22.1 Å². The van der Waals surface area contributed by atoms with E-state index >= 15 is 0 Å². The minimum atomic E-state index is -0.104. The van der Waals surface area contributed by atoms with Crippen LogP contribution in [0.15, 0.2) is 58.0 Å². The fraction of sp³-hybridized carbons (Fsp3) is 0.105. The van der Waals surface area contributed by atoms with Gasteiger partial charge in [-0.05, 0) is 75.7 Å². The van der Waals surface area contributed by atoms with E-state index in [1.54, 1.807) is 24.3 Å². The molecule has 1 aromatic heterocycles. The van der Waals surface area contributed by atoms with E-state index in [1.807, 2.05) is 30.5 Å². The molecule has 0 bridgehead atoms. The number of rotatable bonds is 6. The van der Waals surface area contributed by atoms with Crippen molar-refractivity contribution in [2.45, 2.75) is 11.4 Å². The summed E-state index contributed by atoms with van der Waals surface area (Å²) in [7, 11) is 0. The molecular weight excluding hydrogens is 446 g/mol. The molecule has 1 N–H and O–H groups in total. The Kier molecular flexibility index (Phi) is 6.50. The molecule has 27 heavy (non-hydrogen) atoms. The Morgan fingerprint density at radius 2 is 1.85 bits per heavy atom. The van der Waals surface area contributed by atoms with Gasteiger partial charge in [0.1, 0.15) is 21.5 Å². The molecule has 1 heterocycles. The lowest BCUT2D eigenvalue weighted by molar-refractivity contribution is -0.115. The number of ether oxygens (including phenoxy) is 1. The molecule has 0 aliphatic carbocycles. The number of carbonyl (C=O) groups excluding carboxylic acids is 1. The van der Waals surface area contributed by atoms with Crippen molar-refractivity contribution in [2.24, 2.45) is 0 Å². The molecule has 0 aliphatic heterocycles. The van der Waals surface area contributed by atoms with Crippen molar-refractivity contribution in [2.75, 3.05) is 11.6 Å². The number of aromatic nitrogens is 1. The van der Waals surface area contributed by atoms with E-state index in [0.717, 1.165) is 15.1 Å². The van der Waals surface area contributed by atoms with Crippen LogP contribution in [0.4, 0.5) is 5.00 Å². The molecule has 0 saturated heterocycles. The summed E-state index contributed by atoms with van der Waals surface area (Å²) in [5.41, 5.74) is 1.46. The Labute approximate surface area is 173 Å². The first-order chi connectivity index (χ1) is 13.1. The summed E-state index contributed by atoms with van der Waals surface area (Å²) in [6.45, 7) is 0. The number of thioether (sulfide) groups is 1. The van der Waals surface area contributed by atoms with Crippen LogP contribution in [-0.4, -0.2) is 16.5 Å². The van der Waals surface area contributed by atoms with Gasteiger partial charge in [-0.3, -0.25) is 4.79 Å². The Bertz CT molecular complexity index is 980. The second kappa shape index (κ2) is 9.04. The van der Waals surface area contributed by atoms with Gasteiger partial charge in [-0.1, -0.05) is 12.1 Å². The Morgan fingerprint density at radius 3 is 2.41 bits per heavy atom. The Hall–Kier alpha value is -2.34. The molecule has 136 valence electrons. The van der Waals surface area contributed by atoms with Crippen LogP contribution in [0.2, 0.25) is 0 Å². The summed E-state index contributed by atoms with van der Waals surface area (Å²) in [5, 5.41) is 13.3. The SMILES string of the molecule is CSc1nsc(NC(=O)Cc2ccc(Oc3ccc(C#N)cc3)cc2)c1Br. The van der Waals surface area contributed by atoms with E-state index < -0.39 is 0 Å². The van der Waals surface area contributed by atoms with Gasteiger partial charge in [0, 0.05) is 0 Å². The average Bonchev–Trinajstić information content (AvgIpc) is 3.03. The van der Waals surface area contributed by atoms with E-state index in [-0.39, 0.29) is 12.3 Å². The van der Waals surface area contributed by atoms with Crippen LogP contribution in [-0.2, 0) is 11.2 Å². The van der Waals surface area contributed by atoms with Crippen LogP contribution < -0.4 is 10.1 Å². The van der Waals surface area contributed by atoms with Crippen LogP contribution in [0.3, 0.4) is 0 Å². The number of nitriles is 1. The summed E-state index contributed by atoms with van der Waals surface area (Å²) in [5.74, 6) is 1.21. The van der Waals surface area contributed by atoms with Crippen molar-refractivity contribution in [1.29, 1.82) is 5.26 Å². The van der Waals surface area contributed by atoms with Crippen molar-refractivity contribution in [3.8, 4) is 17.6 Å². The lowest BCUT2D eigenvalue weighted by atomic mass is 10.1. The number of hydrogen-bond donors (Lipinski definition) is 1. The number of nitrogens with one attached hydrogen (secondary N) is 1. The maximum atomic E-state index is 12.3. The minimum Gasteiger partial charge on any atom is -0.457 e. The second-order valence-corrected chi connectivity index (χ2v) is 7.80. The van der Waals surface area contributed by atoms with E-state index in [2.05, 4.69) is 31.7 Å². The third-order valence-electron chi connectivity index (χ3n) is 3.56. The highest BCUT2D eigenvalue weighted by Gasteiger charge is 2.13. The molecule has 0 radical (unpaired) electrons. The zero-order chi connectivity index (χ0) is 19.2. The van der Waals surface area contributed by atoms with Gasteiger partial charge in [-0.2, -0.15) is 9.64 Å². The highest BCUT2D eigenvalue weighted by atomic mass is 79.9. The summed E-state index contributed by atoms with van der Waals surface area (Å²) >= 11 is 6.23. The zero-order valence-electron chi connectivity index (χ0n) is 14.2. The van der Waals surface area contributed by atoms with Crippen molar-refractivity contribution in [3.05, 3.63) is 64.1 Å². The van der Waals surface area contributed by atoms with Crippen molar-refractivity contribution >= 4 is 50.1 Å². The van der Waals surface area contributed by atoms with Gasteiger partial charge in [0.05, 0.1) is 22.5 Å². The van der Waals surface area contributed by atoms with Gasteiger partial charge in [0.25, 0.3) is 0 Å². The van der Waals surface area contributed by atoms with Gasteiger partial charge in [0.15, 0.2) is 0 Å². The largest absolute Gasteiger partial charge is 0.457 e. The third kappa shape index (κ3) is 5.10. The van der Waals surface area contributed by atoms with Crippen molar-refractivity contribution in [1.82, 2.24) is 4.37 Å². The predicted octanol–water partition coefficient (Wildman–Crippen LogP) is 5.47. The fourth-order valence-electron chi connectivity index (χ4n) is 2.23. The average molecular weight is 460 g/mol. The maximum absolute atomic E-state index is 12.3. The first-order valence-electron chi connectivity index (χ1n) is 7.85. The monoisotopic (exact) mass is 459 g/mol. The number of carbonyl (C=O) groups is 1. The molecule has 8 heteroatoms. The van der Waals surface area contributed by atoms with Crippen molar-refractivity contribution < 1.29 is 9.53 Å². The minimum absolute atomic E-state index is 0.104. The molecule has 3 aromatic rings. The molecule has 0 fully saturated rings. The lowest BCUT2D eigenvalue weighted by Gasteiger charge is -2.07. The van der Waals surface area contributed by atoms with Crippen LogP contribution in [0.1, 0.15) is 11.1 Å². The molecule has 1 amide bonds. The predicted molar refractivity (Wildman–Crippen MR) is 112 cm³/mol. The van der Waals surface area contributed by atoms with E-state index in [4.69, 9.17) is 10.00 Å². The highest BCUT2D eigenvalue weighted by Crippen LogP contribution is 2.35. The summed E-state index contributed by atoms with van der Waals surface area (Å²) in [4.78, 5) is 12.3. The fourth-order valence-corrected chi connectivity index (χ4v) is 4.60. The molecule has 0 unspecified atom stereocenters. The Morgan fingerprint density at radius 1 is 1.22 bits per heavy atom. The van der Waals surface area contributed by atoms with Gasteiger partial charge < -0.3 is 10.1 Å². The lowest BCUT2D eigenvalue weighted by Crippen LogP contribution is -2.13. The van der Waals surface area contributed by atoms with Crippen molar-refractivity contribution in [3.63, 3.8) is 0 Å². The molecular formula is C19H14BrN3O2S2. The van der Waals surface area contributed by atoms with Crippen LogP contribution >= 0.6 is 39.2 Å². The number of amides is 1. The van der Waals surface area contributed by atoms with Gasteiger partial charge in [0.2, 0.25) is 5.91 Å². The molecule has 0 aliphatic rings. The third-order valence-corrected chi connectivity index (χ3v) is 6.42. The number of halogens is 1. The second-order valence-electron chi connectivity index (χ2n) is 5.44. The molecule has 0 atom stereocenters. The number of nitrogens with zero attached hydrogens (tertiary/aromatic N) is 2. The van der Waals surface area contributed by atoms with Crippen LogP contribution in [0.25, 0.3) is 0 Å². The normalized spacial score (nSPS) is 10.3. The van der Waals surface area contributed by atoms with Crippen LogP contribution in [0, 0.1) is 11.3 Å². The van der Waals surface area contributed by atoms with Crippen LogP contribution in [0.5, 0.6) is 11.5 Å². The maximum Gasteiger partial charge on any atom is 0.229 e. The standard InChI is InChI=1S/C19H14BrN3O2S2/c1-26-19-17(20)18(27-23-19)22-16(24)10-12-2-6-14(7-3-12)25-15-8-4-13(11-21)5-9-15/h2-9H,10H2,1H3,(H,22,24). The quantitative estimate of drug-likeness (QED) is 0.494. The van der Waals surface area contributed by atoms with E-state index in [9.17, 15) is 4.79 Å². The summed E-state index contributed by atoms with van der Waals surface area (Å²) < 4.78 is 10.8. The van der Waals surface area contributed by atoms with Gasteiger partial charge in [-0.25, -0.2) is 0 Å². The van der Waals surface area contributed by atoms with Gasteiger partial charge in [-0.15, -0.1) is 11.8 Å². The smallest absolute Gasteiger partial charge is 0.229 e. The number of benzene rings is 2. The molecule has 2 aromatic carbocycles. The summed E-state index contributed by atoms with van der Waals surface area (Å²) in [6.07, 6.45) is 2.20. The Balaban J connectivity index is 1.58. The van der Waals surface area contributed by atoms with Gasteiger partial charge >= 0.3 is 0 Å². The van der Waals surface area contributed by atoms with E-state index in [1.165, 1.54) is 23.3 Å². The molecule has 0 spiro atoms. The molecule has 3 rings (SSSR count). The summed E-state index contributed by atoms with van der Waals surface area (Å²) in [6, 6.07) is 16.3. The first-order valence-corrected chi connectivity index (χ1v) is 10.6. The zero-order valence-corrected chi connectivity index (χ0v) is 17.5. The molecule has 0 saturated carbocycles. The topological polar surface area (TPSA) is 75.0 Å².